The monoisotopic (exact) mass is 603 g/mol. The average Bonchev–Trinajstić information content (AvgIpc) is 2.96. The summed E-state index contributed by atoms with van der Waals surface area (Å²) in [6.45, 7) is 4.78. The molecule has 0 aromatic heterocycles. The minimum Gasteiger partial charge on any atom is -0.457 e. The Morgan fingerprint density at radius 3 is 2.00 bits per heavy atom. The van der Waals surface area contributed by atoms with E-state index in [4.69, 9.17) is 24.3 Å². The van der Waals surface area contributed by atoms with Crippen LogP contribution in [0.3, 0.4) is 0 Å². The molecule has 0 aromatic carbocycles. The number of nitrogens with two attached hydrogens (primary N) is 1. The van der Waals surface area contributed by atoms with Gasteiger partial charge in [-0.05, 0) is 38.5 Å². The van der Waals surface area contributed by atoms with Gasteiger partial charge in [0, 0.05) is 19.6 Å². The number of phosphoric acid groups is 1. The van der Waals surface area contributed by atoms with E-state index >= 15 is 0 Å². The van der Waals surface area contributed by atoms with Crippen LogP contribution in [-0.2, 0) is 27.9 Å². The zero-order valence-corrected chi connectivity index (χ0v) is 27.2. The number of unbranched alkanes of at least 4 members (excludes halogenated alkanes) is 14. The Kier molecular flexibility index (Phi) is 29.7. The number of esters is 1. The molecule has 41 heavy (non-hydrogen) atoms. The molecular weight excluding hydrogens is 541 g/mol. The van der Waals surface area contributed by atoms with Gasteiger partial charge in [-0.2, -0.15) is 0 Å². The molecule has 0 aliphatic heterocycles. The van der Waals surface area contributed by atoms with Crippen LogP contribution in [0.4, 0.5) is 0 Å². The first kappa shape index (κ1) is 40.0. The summed E-state index contributed by atoms with van der Waals surface area (Å²) >= 11 is 0. The van der Waals surface area contributed by atoms with Gasteiger partial charge in [-0.1, -0.05) is 115 Å². The van der Waals surface area contributed by atoms with Gasteiger partial charge >= 0.3 is 13.8 Å². The van der Waals surface area contributed by atoms with Crippen molar-refractivity contribution in [3.8, 4) is 0 Å². The highest BCUT2D eigenvalue weighted by Crippen LogP contribution is 2.43. The molecule has 0 bridgehead atoms. The van der Waals surface area contributed by atoms with Crippen molar-refractivity contribution >= 4 is 13.8 Å². The Morgan fingerprint density at radius 1 is 0.732 bits per heavy atom. The molecule has 0 fully saturated rings. The normalized spacial score (nSPS) is 14.1. The van der Waals surface area contributed by atoms with E-state index in [1.807, 2.05) is 0 Å². The van der Waals surface area contributed by atoms with Gasteiger partial charge < -0.3 is 20.1 Å². The number of hydrogen-bond acceptors (Lipinski definition) is 7. The third-order valence-corrected chi connectivity index (χ3v) is 7.59. The zero-order chi connectivity index (χ0) is 30.3. The molecular formula is C32H62NO7P. The lowest BCUT2D eigenvalue weighted by Crippen LogP contribution is -2.28. The minimum atomic E-state index is -4.26. The summed E-state index contributed by atoms with van der Waals surface area (Å²) < 4.78 is 33.1. The Bertz CT molecular complexity index is 687. The van der Waals surface area contributed by atoms with E-state index in [1.54, 1.807) is 0 Å². The fourth-order valence-electron chi connectivity index (χ4n) is 4.21. The number of carbonyl (C=O) groups excluding carboxylic acids is 1. The first-order valence-electron chi connectivity index (χ1n) is 16.3. The standard InChI is InChI=1S/C32H62NO7P/c1-3-5-7-9-11-13-14-15-16-17-18-20-22-24-27-37-29-31(30-39-41(35,36)38-28-26-33)40-32(34)25-23-21-19-12-10-8-6-4-2/h7,9,13-14,31H,3-6,8,10-12,15-30,33H2,1-2H3,(H,35,36)/b9-7-,14-13-. The predicted molar refractivity (Wildman–Crippen MR) is 169 cm³/mol. The lowest BCUT2D eigenvalue weighted by Gasteiger charge is -2.20. The van der Waals surface area contributed by atoms with E-state index in [2.05, 4.69) is 38.2 Å². The van der Waals surface area contributed by atoms with Crippen molar-refractivity contribution in [1.82, 2.24) is 0 Å². The molecule has 0 saturated heterocycles. The van der Waals surface area contributed by atoms with E-state index in [0.717, 1.165) is 44.9 Å². The number of phosphoric ester groups is 1. The molecule has 0 aliphatic carbocycles. The van der Waals surface area contributed by atoms with Crippen molar-refractivity contribution in [2.45, 2.75) is 142 Å². The van der Waals surface area contributed by atoms with Crippen LogP contribution in [0.2, 0.25) is 0 Å². The predicted octanol–water partition coefficient (Wildman–Crippen LogP) is 8.57. The third-order valence-electron chi connectivity index (χ3n) is 6.60. The molecule has 0 radical (unpaired) electrons. The lowest BCUT2D eigenvalue weighted by molar-refractivity contribution is -0.154. The molecule has 3 N–H and O–H groups in total. The van der Waals surface area contributed by atoms with Gasteiger partial charge in [0.2, 0.25) is 0 Å². The Hall–Kier alpha value is -1.02. The van der Waals surface area contributed by atoms with Crippen LogP contribution < -0.4 is 5.73 Å². The van der Waals surface area contributed by atoms with Crippen molar-refractivity contribution in [3.05, 3.63) is 24.3 Å². The summed E-state index contributed by atoms with van der Waals surface area (Å²) in [5.41, 5.74) is 5.32. The van der Waals surface area contributed by atoms with E-state index < -0.39 is 13.9 Å². The van der Waals surface area contributed by atoms with Gasteiger partial charge in [-0.25, -0.2) is 4.57 Å². The van der Waals surface area contributed by atoms with E-state index in [9.17, 15) is 14.3 Å². The minimum absolute atomic E-state index is 0.0966. The lowest BCUT2D eigenvalue weighted by atomic mass is 10.1. The SMILES string of the molecule is CCC/C=C\C/C=C\CCCCCCCCOCC(COP(=O)(O)OCCN)OC(=O)CCCCCCCCCC. The number of rotatable bonds is 31. The average molecular weight is 604 g/mol. The number of allylic oxidation sites excluding steroid dienone is 4. The van der Waals surface area contributed by atoms with E-state index in [1.165, 1.54) is 70.6 Å². The largest absolute Gasteiger partial charge is 0.472 e. The van der Waals surface area contributed by atoms with Crippen LogP contribution in [0.15, 0.2) is 24.3 Å². The summed E-state index contributed by atoms with van der Waals surface area (Å²) in [4.78, 5) is 22.2. The zero-order valence-electron chi connectivity index (χ0n) is 26.3. The summed E-state index contributed by atoms with van der Waals surface area (Å²) in [7, 11) is -4.26. The Labute approximate surface area is 251 Å². The maximum atomic E-state index is 12.4. The molecule has 0 heterocycles. The van der Waals surface area contributed by atoms with Crippen LogP contribution in [-0.4, -0.2) is 49.9 Å². The second-order valence-electron chi connectivity index (χ2n) is 10.7. The smallest absolute Gasteiger partial charge is 0.457 e. The van der Waals surface area contributed by atoms with Crippen LogP contribution in [0.1, 0.15) is 136 Å². The van der Waals surface area contributed by atoms with Crippen LogP contribution in [0.25, 0.3) is 0 Å². The van der Waals surface area contributed by atoms with Gasteiger partial charge in [-0.3, -0.25) is 13.8 Å². The second kappa shape index (κ2) is 30.4. The first-order valence-corrected chi connectivity index (χ1v) is 17.8. The number of hydrogen-bond donors (Lipinski definition) is 2. The van der Waals surface area contributed by atoms with Gasteiger partial charge in [-0.15, -0.1) is 0 Å². The molecule has 242 valence electrons. The van der Waals surface area contributed by atoms with Crippen LogP contribution >= 0.6 is 7.82 Å². The highest BCUT2D eigenvalue weighted by Gasteiger charge is 2.25. The molecule has 0 amide bonds. The van der Waals surface area contributed by atoms with Gasteiger partial charge in [0.25, 0.3) is 0 Å². The molecule has 0 saturated carbocycles. The highest BCUT2D eigenvalue weighted by atomic mass is 31.2. The number of carbonyl (C=O) groups is 1. The second-order valence-corrected chi connectivity index (χ2v) is 12.1. The molecule has 0 rings (SSSR count). The van der Waals surface area contributed by atoms with Crippen molar-refractivity contribution in [1.29, 1.82) is 0 Å². The fourth-order valence-corrected chi connectivity index (χ4v) is 4.97. The van der Waals surface area contributed by atoms with Crippen molar-refractivity contribution in [2.75, 3.05) is 33.0 Å². The van der Waals surface area contributed by atoms with Crippen molar-refractivity contribution < 1.29 is 32.8 Å². The Balaban J connectivity index is 4.13. The molecule has 9 heteroatoms. The van der Waals surface area contributed by atoms with Crippen LogP contribution in [0.5, 0.6) is 0 Å². The molecule has 0 spiro atoms. The summed E-state index contributed by atoms with van der Waals surface area (Å²) in [6, 6.07) is 0. The summed E-state index contributed by atoms with van der Waals surface area (Å²) in [6.07, 6.45) is 29.1. The van der Waals surface area contributed by atoms with Gasteiger partial charge in [0.15, 0.2) is 0 Å². The van der Waals surface area contributed by atoms with Crippen molar-refractivity contribution in [3.63, 3.8) is 0 Å². The third kappa shape index (κ3) is 30.2. The Morgan fingerprint density at radius 2 is 1.34 bits per heavy atom. The summed E-state index contributed by atoms with van der Waals surface area (Å²) in [5, 5.41) is 0. The van der Waals surface area contributed by atoms with Crippen LogP contribution in [0, 0.1) is 0 Å². The van der Waals surface area contributed by atoms with E-state index in [0.29, 0.717) is 13.0 Å². The topological polar surface area (TPSA) is 117 Å². The molecule has 2 unspecified atom stereocenters. The molecule has 0 aromatic rings. The highest BCUT2D eigenvalue weighted by molar-refractivity contribution is 7.47. The first-order chi connectivity index (χ1) is 19.9. The maximum absolute atomic E-state index is 12.4. The van der Waals surface area contributed by atoms with Gasteiger partial charge in [0.1, 0.15) is 6.10 Å². The number of ether oxygens (including phenoxy) is 2. The molecule has 2 atom stereocenters. The quantitative estimate of drug-likeness (QED) is 0.0350. The van der Waals surface area contributed by atoms with Gasteiger partial charge in [0.05, 0.1) is 19.8 Å². The van der Waals surface area contributed by atoms with E-state index in [-0.39, 0.29) is 32.3 Å². The van der Waals surface area contributed by atoms with Crippen molar-refractivity contribution in [2.24, 2.45) is 5.73 Å². The molecule has 8 nitrogen and oxygen atoms in total. The fraction of sp³-hybridized carbons (Fsp3) is 0.844. The maximum Gasteiger partial charge on any atom is 0.472 e. The summed E-state index contributed by atoms with van der Waals surface area (Å²) in [5.74, 6) is -0.341. The molecule has 0 aliphatic rings.